The average Bonchev–Trinajstić information content (AvgIpc) is 3.24. The number of hydrogen-bond acceptors (Lipinski definition) is 1. The van der Waals surface area contributed by atoms with Crippen LogP contribution in [0, 0.1) is 52.8 Å². The molecule has 0 heterocycles. The van der Waals surface area contributed by atoms with E-state index in [-0.39, 0.29) is 7.34 Å². The fourth-order valence-electron chi connectivity index (χ4n) is 8.16. The third-order valence-corrected chi connectivity index (χ3v) is 10.1. The molecule has 0 saturated heterocycles. The monoisotopic (exact) mass is 476 g/mol. The van der Waals surface area contributed by atoms with Crippen molar-refractivity contribution in [2.45, 2.75) is 132 Å². The fourth-order valence-corrected chi connectivity index (χ4v) is 8.16. The summed E-state index contributed by atoms with van der Waals surface area (Å²) in [6.45, 7) is 17.3. The van der Waals surface area contributed by atoms with Crippen molar-refractivity contribution in [2.24, 2.45) is 52.8 Å². The van der Waals surface area contributed by atoms with Crippen LogP contribution in [-0.2, 0) is 4.79 Å². The van der Waals surface area contributed by atoms with Gasteiger partial charge in [0.15, 0.2) is 0 Å². The second-order valence-electron chi connectivity index (χ2n) is 12.8. The van der Waals surface area contributed by atoms with Crippen LogP contribution in [0.5, 0.6) is 0 Å². The molecule has 0 aromatic carbocycles. The first-order chi connectivity index (χ1) is 16.1. The molecule has 4 rings (SSSR count). The molecule has 2 heteroatoms. The van der Waals surface area contributed by atoms with Gasteiger partial charge in [-0.25, -0.2) is 0 Å². The van der Waals surface area contributed by atoms with E-state index in [4.69, 9.17) is 5.11 Å². The van der Waals surface area contributed by atoms with Gasteiger partial charge in [-0.1, -0.05) is 92.7 Å². The Morgan fingerprint density at radius 3 is 2.26 bits per heavy atom. The van der Waals surface area contributed by atoms with Gasteiger partial charge in [-0.05, 0) is 98.2 Å². The SMILES string of the molecule is CC.CC(C)C(=O)O.CC(C)CCC[C@@H](C)[C@H]1CC[C@@H]2C1CC[C@H]1C2CC=C2CCCC[C@@]21C.[HH]. The molecule has 4 aliphatic rings. The first kappa shape index (κ1) is 29.4. The summed E-state index contributed by atoms with van der Waals surface area (Å²) < 4.78 is 0. The molecule has 0 spiro atoms. The summed E-state index contributed by atoms with van der Waals surface area (Å²) in [4.78, 5) is 9.70. The zero-order valence-corrected chi connectivity index (χ0v) is 24.0. The highest BCUT2D eigenvalue weighted by molar-refractivity contribution is 5.68. The molecule has 3 fully saturated rings. The number of carboxylic acids is 1. The Labute approximate surface area is 214 Å². The first-order valence-corrected chi connectivity index (χ1v) is 15.1. The van der Waals surface area contributed by atoms with Crippen molar-refractivity contribution in [3.8, 4) is 0 Å². The first-order valence-electron chi connectivity index (χ1n) is 15.1. The Morgan fingerprint density at radius 1 is 1.00 bits per heavy atom. The molecule has 34 heavy (non-hydrogen) atoms. The van der Waals surface area contributed by atoms with Crippen molar-refractivity contribution in [1.29, 1.82) is 0 Å². The maximum atomic E-state index is 9.70. The maximum Gasteiger partial charge on any atom is 0.305 e. The topological polar surface area (TPSA) is 37.3 Å². The van der Waals surface area contributed by atoms with Crippen molar-refractivity contribution >= 4 is 5.97 Å². The van der Waals surface area contributed by atoms with Gasteiger partial charge in [-0.2, -0.15) is 0 Å². The molecule has 0 aromatic rings. The maximum absolute atomic E-state index is 9.70. The number of fused-ring (bicyclic) bond motifs is 5. The highest BCUT2D eigenvalue weighted by Crippen LogP contribution is 2.62. The molecule has 200 valence electrons. The van der Waals surface area contributed by atoms with Crippen LogP contribution in [0.1, 0.15) is 134 Å². The molecule has 0 bridgehead atoms. The Hall–Kier alpha value is -0.790. The minimum Gasteiger partial charge on any atom is -0.481 e. The summed E-state index contributed by atoms with van der Waals surface area (Å²) >= 11 is 0. The lowest BCUT2D eigenvalue weighted by molar-refractivity contribution is -0.140. The molecule has 2 nitrogen and oxygen atoms in total. The predicted molar refractivity (Wildman–Crippen MR) is 149 cm³/mol. The van der Waals surface area contributed by atoms with E-state index in [0.29, 0.717) is 5.41 Å². The summed E-state index contributed by atoms with van der Waals surface area (Å²) in [5, 5.41) is 7.99. The highest BCUT2D eigenvalue weighted by atomic mass is 16.4. The van der Waals surface area contributed by atoms with Crippen LogP contribution in [0.25, 0.3) is 0 Å². The van der Waals surface area contributed by atoms with E-state index in [2.05, 4.69) is 33.8 Å². The van der Waals surface area contributed by atoms with Crippen molar-refractivity contribution in [3.05, 3.63) is 11.6 Å². The minimum atomic E-state index is -0.741. The number of allylic oxidation sites excluding steroid dienone is 2. The van der Waals surface area contributed by atoms with Crippen molar-refractivity contribution in [1.82, 2.24) is 0 Å². The van der Waals surface area contributed by atoms with Gasteiger partial charge >= 0.3 is 5.97 Å². The molecule has 2 unspecified atom stereocenters. The number of carboxylic acid groups (broad SMARTS) is 1. The zero-order valence-electron chi connectivity index (χ0n) is 24.0. The summed E-state index contributed by atoms with van der Waals surface area (Å²) in [5.41, 5.74) is 2.47. The van der Waals surface area contributed by atoms with E-state index in [1.807, 2.05) is 19.4 Å². The van der Waals surface area contributed by atoms with Gasteiger partial charge < -0.3 is 5.11 Å². The molecule has 0 aliphatic heterocycles. The van der Waals surface area contributed by atoms with Gasteiger partial charge in [0, 0.05) is 1.43 Å². The summed E-state index contributed by atoms with van der Waals surface area (Å²) in [6.07, 6.45) is 20.6. The van der Waals surface area contributed by atoms with E-state index in [1.54, 1.807) is 39.5 Å². The molecule has 0 radical (unpaired) electrons. The molecular weight excluding hydrogens is 416 g/mol. The second kappa shape index (κ2) is 13.5. The van der Waals surface area contributed by atoms with Gasteiger partial charge in [0.1, 0.15) is 0 Å². The van der Waals surface area contributed by atoms with Crippen molar-refractivity contribution in [2.75, 3.05) is 0 Å². The van der Waals surface area contributed by atoms with Gasteiger partial charge in [-0.3, -0.25) is 4.79 Å². The van der Waals surface area contributed by atoms with Crippen LogP contribution in [0.3, 0.4) is 0 Å². The lowest BCUT2D eigenvalue weighted by Crippen LogP contribution is -2.46. The zero-order chi connectivity index (χ0) is 25.5. The molecule has 1 N–H and O–H groups in total. The van der Waals surface area contributed by atoms with Crippen LogP contribution < -0.4 is 0 Å². The number of hydrogen-bond donors (Lipinski definition) is 1. The standard InChI is InChI=1S/C26H44.C4H8O2.C2H6.H2/c1-18(2)8-7-9-19(3)21-13-14-23-22(21)15-16-25-24(23)12-11-20-10-5-6-17-26(20,25)4;1-3(2)4(5)6;1-2;/h11,18-19,21-25H,5-10,12-17H2,1-4H3;3H,1-2H3,(H,5,6);1-2H3;1H/t19-,21-,22?,23-,24?,25+,26+;;;/m1.../s1. The van der Waals surface area contributed by atoms with Gasteiger partial charge in [0.2, 0.25) is 0 Å². The predicted octanol–water partition coefficient (Wildman–Crippen LogP) is 10.0. The van der Waals surface area contributed by atoms with Crippen LogP contribution >= 0.6 is 0 Å². The third kappa shape index (κ3) is 6.91. The summed E-state index contributed by atoms with van der Waals surface area (Å²) in [7, 11) is 0. The van der Waals surface area contributed by atoms with E-state index < -0.39 is 5.97 Å². The van der Waals surface area contributed by atoms with Crippen LogP contribution in [0.4, 0.5) is 0 Å². The largest absolute Gasteiger partial charge is 0.481 e. The van der Waals surface area contributed by atoms with Gasteiger partial charge in [0.05, 0.1) is 5.92 Å². The minimum absolute atomic E-state index is 0. The highest BCUT2D eigenvalue weighted by Gasteiger charge is 2.53. The lowest BCUT2D eigenvalue weighted by Gasteiger charge is -2.55. The van der Waals surface area contributed by atoms with E-state index >= 15 is 0 Å². The van der Waals surface area contributed by atoms with Crippen LogP contribution in [0.15, 0.2) is 11.6 Å². The van der Waals surface area contributed by atoms with Crippen LogP contribution in [-0.4, -0.2) is 11.1 Å². The average molecular weight is 477 g/mol. The number of carbonyl (C=O) groups is 1. The fraction of sp³-hybridized carbons (Fsp3) is 0.906. The van der Waals surface area contributed by atoms with E-state index in [0.717, 1.165) is 41.4 Å². The number of rotatable bonds is 6. The molecule has 0 amide bonds. The Balaban J connectivity index is 0.000000599. The molecule has 3 saturated carbocycles. The molecule has 4 aliphatic carbocycles. The normalized spacial score (nSPS) is 35.0. The van der Waals surface area contributed by atoms with Crippen molar-refractivity contribution < 1.29 is 11.3 Å². The van der Waals surface area contributed by atoms with E-state index in [1.165, 1.54) is 51.4 Å². The quantitative estimate of drug-likeness (QED) is 0.387. The molecular formula is C32H60O2. The lowest BCUT2D eigenvalue weighted by atomic mass is 9.50. The van der Waals surface area contributed by atoms with Crippen molar-refractivity contribution in [3.63, 3.8) is 0 Å². The van der Waals surface area contributed by atoms with E-state index in [9.17, 15) is 4.79 Å². The Kier molecular flexibility index (Phi) is 11.7. The Bertz CT molecular complexity index is 654. The molecule has 7 atom stereocenters. The van der Waals surface area contributed by atoms with Gasteiger partial charge in [0.25, 0.3) is 0 Å². The second-order valence-corrected chi connectivity index (χ2v) is 12.8. The summed E-state index contributed by atoms with van der Waals surface area (Å²) in [5.74, 6) is 6.15. The van der Waals surface area contributed by atoms with Gasteiger partial charge in [-0.15, -0.1) is 0 Å². The molecule has 0 aromatic heterocycles. The smallest absolute Gasteiger partial charge is 0.305 e. The van der Waals surface area contributed by atoms with Crippen LogP contribution in [0.2, 0.25) is 0 Å². The summed E-state index contributed by atoms with van der Waals surface area (Å²) in [6, 6.07) is 0. The number of aliphatic carboxylic acids is 1. The Morgan fingerprint density at radius 2 is 1.65 bits per heavy atom. The third-order valence-electron chi connectivity index (χ3n) is 10.1.